The van der Waals surface area contributed by atoms with Crippen LogP contribution in [0.1, 0.15) is 24.1 Å². The van der Waals surface area contributed by atoms with Crippen LogP contribution in [0.5, 0.6) is 0 Å². The second kappa shape index (κ2) is 9.83. The Bertz CT molecular complexity index is 487. The number of hydrogen-bond acceptors (Lipinski definition) is 1. The molecule has 1 nitrogen and oxygen atoms in total. The molecule has 0 saturated heterocycles. The van der Waals surface area contributed by atoms with Gasteiger partial charge in [-0.15, -0.1) is 24.0 Å². The van der Waals surface area contributed by atoms with Crippen molar-refractivity contribution >= 4 is 24.0 Å². The molecule has 0 fully saturated rings. The van der Waals surface area contributed by atoms with Gasteiger partial charge < -0.3 is 0 Å². The Hall–Kier alpha value is -1.02. The molecular weight excluding hydrogens is 301 g/mol. The first kappa shape index (κ1) is 18.0. The zero-order valence-electron chi connectivity index (χ0n) is 12.4. The van der Waals surface area contributed by atoms with Crippen molar-refractivity contribution in [2.24, 2.45) is 0 Å². The summed E-state index contributed by atoms with van der Waals surface area (Å²) in [6, 6.07) is 21.8. The Morgan fingerprint density at radius 3 is 2.05 bits per heavy atom. The van der Waals surface area contributed by atoms with Crippen LogP contribution in [0.15, 0.2) is 60.7 Å². The number of nitrogens with zero attached hydrogens (tertiary/aromatic N) is 1. The third kappa shape index (κ3) is 5.35. The third-order valence-corrected chi connectivity index (χ3v) is 3.84. The van der Waals surface area contributed by atoms with Gasteiger partial charge in [-0.1, -0.05) is 67.6 Å². The molecule has 0 saturated carbocycles. The van der Waals surface area contributed by atoms with Crippen LogP contribution in [0.3, 0.4) is 0 Å². The van der Waals surface area contributed by atoms with Gasteiger partial charge in [0.15, 0.2) is 0 Å². The number of hydrogen-bond donors (Lipinski definition) is 0. The highest BCUT2D eigenvalue weighted by Crippen LogP contribution is 2.25. The zero-order valence-corrected chi connectivity index (χ0v) is 14.0. The topological polar surface area (TPSA) is 3.24 Å². The molecule has 0 aliphatic carbocycles. The predicted molar refractivity (Wildman–Crippen MR) is 94.5 cm³/mol. The van der Waals surface area contributed by atoms with Crippen LogP contribution < -0.4 is 0 Å². The molecule has 2 aromatic carbocycles. The molecule has 1 atom stereocenters. The molecule has 0 aliphatic heterocycles. The van der Waals surface area contributed by atoms with E-state index in [0.29, 0.717) is 11.9 Å². The van der Waals surface area contributed by atoms with E-state index in [0.717, 1.165) is 19.5 Å². The summed E-state index contributed by atoms with van der Waals surface area (Å²) in [4.78, 5) is 2.45. The molecule has 3 heteroatoms. The third-order valence-electron chi connectivity index (χ3n) is 3.67. The molecule has 0 heterocycles. The fraction of sp³-hybridized carbons (Fsp3) is 0.333. The van der Waals surface area contributed by atoms with Crippen molar-refractivity contribution in [3.63, 3.8) is 0 Å². The molecule has 2 aromatic rings. The van der Waals surface area contributed by atoms with E-state index in [-0.39, 0.29) is 12.4 Å². The Labute approximate surface area is 139 Å². The van der Waals surface area contributed by atoms with Crippen molar-refractivity contribution < 1.29 is 0 Å². The summed E-state index contributed by atoms with van der Waals surface area (Å²) in [5, 5.41) is 0. The van der Waals surface area contributed by atoms with Gasteiger partial charge >= 0.3 is 0 Å². The summed E-state index contributed by atoms with van der Waals surface area (Å²) in [6.07, 6.45) is 1.02. The van der Waals surface area contributed by atoms with Crippen molar-refractivity contribution in [2.75, 3.05) is 19.0 Å². The van der Waals surface area contributed by atoms with Gasteiger partial charge in [-0.25, -0.2) is 0 Å². The van der Waals surface area contributed by atoms with Crippen LogP contribution in [0.25, 0.3) is 0 Å². The molecule has 0 radical (unpaired) electrons. The second-order valence-electron chi connectivity index (χ2n) is 4.93. The number of likely N-dealkylation sites (N-methyl/N-ethyl adjacent to an activating group) is 1. The lowest BCUT2D eigenvalue weighted by Gasteiger charge is -2.31. The molecular formula is C18H23Cl2N. The normalized spacial score (nSPS) is 12.0. The molecule has 0 aliphatic rings. The van der Waals surface area contributed by atoms with E-state index in [1.807, 2.05) is 0 Å². The Morgan fingerprint density at radius 1 is 0.952 bits per heavy atom. The highest BCUT2D eigenvalue weighted by molar-refractivity contribution is 6.18. The maximum absolute atomic E-state index is 5.97. The van der Waals surface area contributed by atoms with Crippen LogP contribution in [0, 0.1) is 0 Å². The number of halogens is 2. The minimum atomic E-state index is 0. The molecule has 114 valence electrons. The van der Waals surface area contributed by atoms with E-state index < -0.39 is 0 Å². The molecule has 0 bridgehead atoms. The van der Waals surface area contributed by atoms with Crippen molar-refractivity contribution in [1.82, 2.24) is 4.90 Å². The highest BCUT2D eigenvalue weighted by Gasteiger charge is 2.18. The van der Waals surface area contributed by atoms with Crippen LogP contribution in [0.2, 0.25) is 0 Å². The molecule has 0 N–H and O–H groups in total. The minimum Gasteiger partial charge on any atom is -0.295 e. The van der Waals surface area contributed by atoms with Crippen LogP contribution in [0.4, 0.5) is 0 Å². The summed E-state index contributed by atoms with van der Waals surface area (Å²) in [7, 11) is 0. The average Bonchev–Trinajstić information content (AvgIpc) is 2.52. The zero-order chi connectivity index (χ0) is 14.2. The van der Waals surface area contributed by atoms with Crippen LogP contribution in [-0.4, -0.2) is 23.9 Å². The van der Waals surface area contributed by atoms with Gasteiger partial charge in [0.05, 0.1) is 0 Å². The molecule has 0 amide bonds. The summed E-state index contributed by atoms with van der Waals surface area (Å²) in [5.74, 6) is 0.673. The van der Waals surface area contributed by atoms with E-state index in [4.69, 9.17) is 11.6 Å². The van der Waals surface area contributed by atoms with Gasteiger partial charge in [-0.05, 0) is 24.1 Å². The molecule has 0 spiro atoms. The SMILES string of the molecule is CCN(CCCl)C(Cc1ccccc1)c1ccccc1.Cl. The fourth-order valence-electron chi connectivity index (χ4n) is 2.61. The standard InChI is InChI=1S/C18H22ClN.ClH/c1-2-20(14-13-19)18(17-11-7-4-8-12-17)15-16-9-5-3-6-10-16;/h3-12,18H,2,13-15H2,1H3;1H. The van der Waals surface area contributed by atoms with Crippen LogP contribution >= 0.6 is 24.0 Å². The summed E-state index contributed by atoms with van der Waals surface area (Å²) in [6.45, 7) is 4.14. The lowest BCUT2D eigenvalue weighted by Crippen LogP contribution is -2.31. The summed E-state index contributed by atoms with van der Waals surface area (Å²) >= 11 is 5.97. The lowest BCUT2D eigenvalue weighted by atomic mass is 9.97. The van der Waals surface area contributed by atoms with Gasteiger partial charge in [-0.3, -0.25) is 4.90 Å². The van der Waals surface area contributed by atoms with Gasteiger partial charge in [0, 0.05) is 18.5 Å². The predicted octanol–water partition coefficient (Wildman–Crippen LogP) is 4.95. The molecule has 0 aromatic heterocycles. The molecule has 1 unspecified atom stereocenters. The summed E-state index contributed by atoms with van der Waals surface area (Å²) < 4.78 is 0. The van der Waals surface area contributed by atoms with Gasteiger partial charge in [0.25, 0.3) is 0 Å². The number of alkyl halides is 1. The first-order chi connectivity index (χ1) is 9.85. The molecule has 21 heavy (non-hydrogen) atoms. The van der Waals surface area contributed by atoms with Crippen molar-refractivity contribution in [3.8, 4) is 0 Å². The Balaban J connectivity index is 0.00000220. The van der Waals surface area contributed by atoms with Gasteiger partial charge in [0.2, 0.25) is 0 Å². The van der Waals surface area contributed by atoms with E-state index in [1.165, 1.54) is 11.1 Å². The second-order valence-corrected chi connectivity index (χ2v) is 5.31. The van der Waals surface area contributed by atoms with E-state index in [2.05, 4.69) is 72.5 Å². The smallest absolute Gasteiger partial charge is 0.0388 e. The van der Waals surface area contributed by atoms with E-state index in [1.54, 1.807) is 0 Å². The summed E-state index contributed by atoms with van der Waals surface area (Å²) in [5.41, 5.74) is 2.73. The maximum atomic E-state index is 5.97. The first-order valence-electron chi connectivity index (χ1n) is 7.24. The van der Waals surface area contributed by atoms with Gasteiger partial charge in [-0.2, -0.15) is 0 Å². The van der Waals surface area contributed by atoms with Gasteiger partial charge in [0.1, 0.15) is 0 Å². The van der Waals surface area contributed by atoms with Crippen LogP contribution in [-0.2, 0) is 6.42 Å². The van der Waals surface area contributed by atoms with Crippen molar-refractivity contribution in [2.45, 2.75) is 19.4 Å². The maximum Gasteiger partial charge on any atom is 0.0388 e. The number of rotatable bonds is 7. The van der Waals surface area contributed by atoms with Crippen molar-refractivity contribution in [3.05, 3.63) is 71.8 Å². The van der Waals surface area contributed by atoms with E-state index in [9.17, 15) is 0 Å². The Morgan fingerprint density at radius 2 is 1.52 bits per heavy atom. The quantitative estimate of drug-likeness (QED) is 0.651. The Kier molecular flexibility index (Phi) is 8.44. The average molecular weight is 324 g/mol. The largest absolute Gasteiger partial charge is 0.295 e. The highest BCUT2D eigenvalue weighted by atomic mass is 35.5. The minimum absolute atomic E-state index is 0. The monoisotopic (exact) mass is 323 g/mol. The van der Waals surface area contributed by atoms with E-state index >= 15 is 0 Å². The lowest BCUT2D eigenvalue weighted by molar-refractivity contribution is 0.219. The molecule has 2 rings (SSSR count). The van der Waals surface area contributed by atoms with Crippen molar-refractivity contribution in [1.29, 1.82) is 0 Å². The first-order valence-corrected chi connectivity index (χ1v) is 7.77. The fourth-order valence-corrected chi connectivity index (χ4v) is 2.83. The number of benzene rings is 2.